The van der Waals surface area contributed by atoms with Gasteiger partial charge in [-0.3, -0.25) is 4.68 Å². The number of benzene rings is 1. The third kappa shape index (κ3) is 5.30. The van der Waals surface area contributed by atoms with E-state index in [0.29, 0.717) is 19.1 Å². The molecule has 1 aliphatic heterocycles. The first-order valence-corrected chi connectivity index (χ1v) is 10.2. The lowest BCUT2D eigenvalue weighted by molar-refractivity contribution is 0.350. The highest BCUT2D eigenvalue weighted by atomic mass is 16.2. The van der Waals surface area contributed by atoms with Crippen molar-refractivity contribution < 1.29 is 5.11 Å². The van der Waals surface area contributed by atoms with E-state index in [2.05, 4.69) is 48.1 Å². The van der Waals surface area contributed by atoms with Crippen molar-refractivity contribution in [1.29, 1.82) is 0 Å². The van der Waals surface area contributed by atoms with Crippen molar-refractivity contribution >= 4 is 16.7 Å². The Morgan fingerprint density at radius 2 is 2.13 bits per heavy atom. The number of rotatable bonds is 7. The molecule has 0 spiro atoms. The number of aliphatic hydroxyl groups is 1. The minimum absolute atomic E-state index is 0.165. The van der Waals surface area contributed by atoms with E-state index in [1.807, 2.05) is 29.1 Å². The SMILES string of the molecule is OCC#Cc1ccc2ncnc(NCCn3cc(CNC4CCNCC4)nn3)c2c1. The summed E-state index contributed by atoms with van der Waals surface area (Å²) in [5.74, 6) is 6.33. The highest BCUT2D eigenvalue weighted by molar-refractivity contribution is 5.89. The molecule has 30 heavy (non-hydrogen) atoms. The van der Waals surface area contributed by atoms with Crippen LogP contribution in [0.25, 0.3) is 10.9 Å². The minimum atomic E-state index is -0.165. The predicted octanol–water partition coefficient (Wildman–Crippen LogP) is 0.519. The van der Waals surface area contributed by atoms with Crippen LogP contribution in [0.5, 0.6) is 0 Å². The van der Waals surface area contributed by atoms with Crippen LogP contribution in [0.1, 0.15) is 24.1 Å². The third-order valence-electron chi connectivity index (χ3n) is 5.08. The van der Waals surface area contributed by atoms with Gasteiger partial charge in [0.25, 0.3) is 0 Å². The molecular weight excluding hydrogens is 380 g/mol. The normalized spacial score (nSPS) is 14.4. The van der Waals surface area contributed by atoms with E-state index < -0.39 is 0 Å². The molecule has 0 amide bonds. The predicted molar refractivity (Wildman–Crippen MR) is 115 cm³/mol. The minimum Gasteiger partial charge on any atom is -0.384 e. The first-order valence-electron chi connectivity index (χ1n) is 10.2. The fourth-order valence-corrected chi connectivity index (χ4v) is 3.51. The first-order chi connectivity index (χ1) is 14.8. The van der Waals surface area contributed by atoms with Crippen LogP contribution in [0, 0.1) is 11.8 Å². The van der Waals surface area contributed by atoms with Gasteiger partial charge in [-0.25, -0.2) is 9.97 Å². The van der Waals surface area contributed by atoms with Crippen LogP contribution in [0.4, 0.5) is 5.82 Å². The monoisotopic (exact) mass is 406 g/mol. The van der Waals surface area contributed by atoms with E-state index in [-0.39, 0.29) is 6.61 Å². The molecule has 0 unspecified atom stereocenters. The van der Waals surface area contributed by atoms with Crippen LogP contribution in [0.15, 0.2) is 30.7 Å². The molecule has 9 heteroatoms. The number of aliphatic hydroxyl groups excluding tert-OH is 1. The Morgan fingerprint density at radius 3 is 3.00 bits per heavy atom. The van der Waals surface area contributed by atoms with Gasteiger partial charge in [-0.1, -0.05) is 17.1 Å². The average molecular weight is 406 g/mol. The largest absolute Gasteiger partial charge is 0.384 e. The van der Waals surface area contributed by atoms with Crippen LogP contribution in [-0.2, 0) is 13.1 Å². The highest BCUT2D eigenvalue weighted by Gasteiger charge is 2.12. The number of nitrogens with zero attached hydrogens (tertiary/aromatic N) is 5. The summed E-state index contributed by atoms with van der Waals surface area (Å²) in [5, 5.41) is 28.6. The lowest BCUT2D eigenvalue weighted by Gasteiger charge is -2.23. The quantitative estimate of drug-likeness (QED) is 0.420. The number of piperidine rings is 1. The van der Waals surface area contributed by atoms with Crippen molar-refractivity contribution in [2.24, 2.45) is 0 Å². The van der Waals surface area contributed by atoms with Gasteiger partial charge < -0.3 is 21.1 Å². The molecule has 0 radical (unpaired) electrons. The van der Waals surface area contributed by atoms with E-state index in [9.17, 15) is 0 Å². The number of anilines is 1. The molecule has 4 rings (SSSR count). The molecule has 3 aromatic rings. The van der Waals surface area contributed by atoms with E-state index in [1.165, 1.54) is 0 Å². The topological polar surface area (TPSA) is 113 Å². The van der Waals surface area contributed by atoms with E-state index in [4.69, 9.17) is 5.11 Å². The van der Waals surface area contributed by atoms with Crippen LogP contribution in [0.2, 0.25) is 0 Å². The molecule has 1 saturated heterocycles. The molecule has 9 nitrogen and oxygen atoms in total. The second-order valence-corrected chi connectivity index (χ2v) is 7.22. The Hall–Kier alpha value is -3.06. The van der Waals surface area contributed by atoms with Crippen molar-refractivity contribution in [1.82, 2.24) is 35.6 Å². The van der Waals surface area contributed by atoms with Gasteiger partial charge in [-0.15, -0.1) is 5.10 Å². The number of hydrogen-bond donors (Lipinski definition) is 4. The summed E-state index contributed by atoms with van der Waals surface area (Å²) in [7, 11) is 0. The number of aromatic nitrogens is 5. The summed E-state index contributed by atoms with van der Waals surface area (Å²) in [4.78, 5) is 8.67. The zero-order chi connectivity index (χ0) is 20.6. The van der Waals surface area contributed by atoms with Gasteiger partial charge in [0.15, 0.2) is 0 Å². The van der Waals surface area contributed by atoms with Gasteiger partial charge in [0, 0.05) is 36.3 Å². The van der Waals surface area contributed by atoms with Crippen molar-refractivity contribution in [3.05, 3.63) is 42.0 Å². The van der Waals surface area contributed by atoms with Crippen LogP contribution < -0.4 is 16.0 Å². The van der Waals surface area contributed by atoms with E-state index >= 15 is 0 Å². The molecule has 4 N–H and O–H groups in total. The van der Waals surface area contributed by atoms with Gasteiger partial charge in [0.05, 0.1) is 17.8 Å². The Kier molecular flexibility index (Phi) is 6.82. The summed E-state index contributed by atoms with van der Waals surface area (Å²) >= 11 is 0. The molecule has 1 fully saturated rings. The third-order valence-corrected chi connectivity index (χ3v) is 5.08. The van der Waals surface area contributed by atoms with Gasteiger partial charge in [0.1, 0.15) is 18.8 Å². The standard InChI is InChI=1S/C21H26N8O/c30-11-1-2-16-3-4-20-19(12-16)21(26-15-25-20)23-9-10-29-14-18(27-28-29)13-24-17-5-7-22-8-6-17/h3-4,12,14-15,17,22,24,30H,5-11,13H2,(H,23,25,26). The fraction of sp³-hybridized carbons (Fsp3) is 0.429. The second kappa shape index (κ2) is 10.1. The Labute approximate surface area is 175 Å². The van der Waals surface area contributed by atoms with Gasteiger partial charge >= 0.3 is 0 Å². The molecule has 2 aromatic heterocycles. The van der Waals surface area contributed by atoms with Crippen molar-refractivity contribution in [3.63, 3.8) is 0 Å². The number of fused-ring (bicyclic) bond motifs is 1. The maximum absolute atomic E-state index is 8.89. The zero-order valence-corrected chi connectivity index (χ0v) is 16.8. The van der Waals surface area contributed by atoms with Crippen LogP contribution >= 0.6 is 0 Å². The van der Waals surface area contributed by atoms with Gasteiger partial charge in [0.2, 0.25) is 0 Å². The second-order valence-electron chi connectivity index (χ2n) is 7.22. The molecule has 0 atom stereocenters. The fourth-order valence-electron chi connectivity index (χ4n) is 3.51. The molecule has 0 aliphatic carbocycles. The number of nitrogens with one attached hydrogen (secondary N) is 3. The molecule has 1 aliphatic rings. The number of hydrogen-bond acceptors (Lipinski definition) is 8. The summed E-state index contributed by atoms with van der Waals surface area (Å²) in [6.07, 6.45) is 5.83. The van der Waals surface area contributed by atoms with Crippen LogP contribution in [0.3, 0.4) is 0 Å². The van der Waals surface area contributed by atoms with E-state index in [1.54, 1.807) is 6.33 Å². The summed E-state index contributed by atoms with van der Waals surface area (Å²) in [6, 6.07) is 6.27. The van der Waals surface area contributed by atoms with Gasteiger partial charge in [-0.2, -0.15) is 0 Å². The maximum Gasteiger partial charge on any atom is 0.137 e. The maximum atomic E-state index is 8.89. The Balaban J connectivity index is 1.33. The van der Waals surface area contributed by atoms with Crippen LogP contribution in [-0.4, -0.2) is 62.4 Å². The molecule has 0 saturated carbocycles. The van der Waals surface area contributed by atoms with Gasteiger partial charge in [-0.05, 0) is 44.1 Å². The summed E-state index contributed by atoms with van der Waals surface area (Å²) in [6.45, 7) is 4.06. The summed E-state index contributed by atoms with van der Waals surface area (Å²) < 4.78 is 1.84. The lowest BCUT2D eigenvalue weighted by atomic mass is 10.1. The van der Waals surface area contributed by atoms with E-state index in [0.717, 1.165) is 60.5 Å². The first kappa shape index (κ1) is 20.2. The molecular formula is C21H26N8O. The highest BCUT2D eigenvalue weighted by Crippen LogP contribution is 2.20. The Morgan fingerprint density at radius 1 is 1.23 bits per heavy atom. The molecule has 3 heterocycles. The average Bonchev–Trinajstić information content (AvgIpc) is 3.25. The molecule has 1 aromatic carbocycles. The summed E-state index contributed by atoms with van der Waals surface area (Å²) in [5.41, 5.74) is 2.61. The smallest absolute Gasteiger partial charge is 0.137 e. The zero-order valence-electron chi connectivity index (χ0n) is 16.8. The van der Waals surface area contributed by atoms with Crippen molar-refractivity contribution in [3.8, 4) is 11.8 Å². The van der Waals surface area contributed by atoms with Crippen molar-refractivity contribution in [2.45, 2.75) is 32.0 Å². The Bertz CT molecular complexity index is 1030. The molecule has 0 bridgehead atoms. The van der Waals surface area contributed by atoms with Crippen molar-refractivity contribution in [2.75, 3.05) is 31.6 Å². The molecule has 156 valence electrons. The lowest BCUT2D eigenvalue weighted by Crippen LogP contribution is -2.39.